The monoisotopic (exact) mass is 367 g/mol. The topological polar surface area (TPSA) is 12.9 Å². The molecule has 0 unspecified atom stereocenters. The third-order valence-corrected chi connectivity index (χ3v) is 4.42. The Morgan fingerprint density at radius 3 is 2.67 bits per heavy atom. The van der Waals surface area contributed by atoms with Crippen LogP contribution in [0, 0.1) is 3.57 Å². The van der Waals surface area contributed by atoms with Crippen LogP contribution in [0.3, 0.4) is 0 Å². The summed E-state index contributed by atoms with van der Waals surface area (Å²) in [5.41, 5.74) is -0.274. The van der Waals surface area contributed by atoms with Crippen molar-refractivity contribution >= 4 is 50.1 Å². The van der Waals surface area contributed by atoms with Gasteiger partial charge in [-0.3, -0.25) is 4.98 Å². The fraction of sp³-hybridized carbons (Fsp3) is 0.167. The second kappa shape index (κ2) is 4.15. The van der Waals surface area contributed by atoms with Crippen molar-refractivity contribution < 1.29 is 8.78 Å². The Balaban J connectivity index is 3.27. The van der Waals surface area contributed by atoms with Gasteiger partial charge in [0.15, 0.2) is 0 Å². The highest BCUT2D eigenvalue weighted by molar-refractivity contribution is 14.1. The van der Waals surface area contributed by atoms with Gasteiger partial charge in [0.2, 0.25) is 0 Å². The van der Waals surface area contributed by atoms with Gasteiger partial charge in [0.05, 0.1) is 9.50 Å². The quantitative estimate of drug-likeness (QED) is 0.682. The van der Waals surface area contributed by atoms with E-state index < -0.39 is 6.43 Å². The molecule has 66 valence electrons. The number of rotatable bonds is 1. The maximum atomic E-state index is 12.2. The zero-order chi connectivity index (χ0) is 9.30. The van der Waals surface area contributed by atoms with E-state index in [1.165, 1.54) is 6.20 Å². The molecule has 0 amide bonds. The van der Waals surface area contributed by atoms with Crippen LogP contribution in [0.1, 0.15) is 12.1 Å². The molecule has 1 rings (SSSR count). The van der Waals surface area contributed by atoms with Crippen LogP contribution < -0.4 is 0 Å². The zero-order valence-corrected chi connectivity index (χ0v) is 9.99. The number of aromatic nitrogens is 1. The van der Waals surface area contributed by atoms with Gasteiger partial charge in [-0.25, -0.2) is 8.78 Å². The van der Waals surface area contributed by atoms with Gasteiger partial charge in [-0.1, -0.05) is 11.6 Å². The number of halogens is 5. The number of alkyl halides is 2. The third-order valence-electron chi connectivity index (χ3n) is 1.15. The Morgan fingerprint density at radius 2 is 2.17 bits per heavy atom. The minimum Gasteiger partial charge on any atom is -0.252 e. The number of hydrogen-bond acceptors (Lipinski definition) is 1. The van der Waals surface area contributed by atoms with Crippen LogP contribution in [0.15, 0.2) is 10.7 Å². The molecule has 0 atom stereocenters. The minimum atomic E-state index is -2.58. The highest BCUT2D eigenvalue weighted by Crippen LogP contribution is 2.32. The van der Waals surface area contributed by atoms with E-state index in [0.29, 0.717) is 8.59 Å². The Kier molecular flexibility index (Phi) is 3.66. The van der Waals surface area contributed by atoms with Crippen molar-refractivity contribution in [1.29, 1.82) is 0 Å². The van der Waals surface area contributed by atoms with E-state index in [9.17, 15) is 8.78 Å². The first-order valence-corrected chi connectivity index (χ1v) is 5.06. The summed E-state index contributed by atoms with van der Waals surface area (Å²) in [4.78, 5) is 3.50. The van der Waals surface area contributed by atoms with E-state index >= 15 is 0 Å². The van der Waals surface area contributed by atoms with Gasteiger partial charge in [-0.15, -0.1) is 0 Å². The van der Waals surface area contributed by atoms with Crippen LogP contribution in [0.25, 0.3) is 0 Å². The number of hydrogen-bond donors (Lipinski definition) is 0. The average molecular weight is 368 g/mol. The van der Waals surface area contributed by atoms with E-state index in [4.69, 9.17) is 11.6 Å². The molecule has 1 heterocycles. The summed E-state index contributed by atoms with van der Waals surface area (Å²) in [6, 6.07) is 0. The fourth-order valence-electron chi connectivity index (χ4n) is 0.609. The van der Waals surface area contributed by atoms with Crippen molar-refractivity contribution in [1.82, 2.24) is 4.98 Å². The van der Waals surface area contributed by atoms with Gasteiger partial charge in [0.1, 0.15) is 5.69 Å². The van der Waals surface area contributed by atoms with E-state index in [2.05, 4.69) is 20.9 Å². The van der Waals surface area contributed by atoms with Crippen LogP contribution in [-0.2, 0) is 0 Å². The summed E-state index contributed by atoms with van der Waals surface area (Å²) < 4.78 is 25.2. The molecule has 0 saturated carbocycles. The average Bonchev–Trinajstić information content (AvgIpc) is 2.00. The van der Waals surface area contributed by atoms with Crippen molar-refractivity contribution in [2.45, 2.75) is 6.43 Å². The van der Waals surface area contributed by atoms with Gasteiger partial charge in [-0.2, -0.15) is 0 Å². The highest BCUT2D eigenvalue weighted by Gasteiger charge is 2.16. The van der Waals surface area contributed by atoms with Crippen molar-refractivity contribution in [3.8, 4) is 0 Å². The molecule has 12 heavy (non-hydrogen) atoms. The largest absolute Gasteiger partial charge is 0.281 e. The van der Waals surface area contributed by atoms with Crippen LogP contribution >= 0.6 is 50.1 Å². The lowest BCUT2D eigenvalue weighted by Crippen LogP contribution is -1.94. The van der Waals surface area contributed by atoms with Gasteiger partial charge in [0, 0.05) is 9.77 Å². The molecule has 0 aromatic carbocycles. The van der Waals surface area contributed by atoms with Crippen LogP contribution in [0.5, 0.6) is 0 Å². The maximum absolute atomic E-state index is 12.2. The molecule has 0 bridgehead atoms. The molecule has 0 N–H and O–H groups in total. The first kappa shape index (κ1) is 10.6. The molecule has 1 nitrogen and oxygen atoms in total. The van der Waals surface area contributed by atoms with Gasteiger partial charge >= 0.3 is 0 Å². The normalized spacial score (nSPS) is 10.8. The fourth-order valence-corrected chi connectivity index (χ4v) is 1.77. The summed E-state index contributed by atoms with van der Waals surface area (Å²) >= 11 is 10.5. The Hall–Kier alpha value is 0.510. The Morgan fingerprint density at radius 1 is 1.58 bits per heavy atom. The predicted octanol–water partition coefficient (Wildman–Crippen LogP) is 4.04. The molecular formula is C6H2BrClF2IN. The lowest BCUT2D eigenvalue weighted by Gasteiger charge is -2.04. The Bertz CT molecular complexity index is 308. The van der Waals surface area contributed by atoms with Gasteiger partial charge in [0.25, 0.3) is 6.43 Å². The Labute approximate surface area is 94.8 Å². The van der Waals surface area contributed by atoms with E-state index in [-0.39, 0.29) is 10.2 Å². The van der Waals surface area contributed by atoms with E-state index in [1.807, 2.05) is 22.6 Å². The predicted molar refractivity (Wildman–Crippen MR) is 54.6 cm³/mol. The molecule has 1 aromatic rings. The summed E-state index contributed by atoms with van der Waals surface area (Å²) in [7, 11) is 0. The first-order chi connectivity index (χ1) is 5.54. The molecule has 0 aliphatic heterocycles. The summed E-state index contributed by atoms with van der Waals surface area (Å²) in [5.74, 6) is 0. The van der Waals surface area contributed by atoms with Crippen LogP contribution in [-0.4, -0.2) is 4.98 Å². The lowest BCUT2D eigenvalue weighted by molar-refractivity contribution is 0.145. The van der Waals surface area contributed by atoms with Crippen LogP contribution in [0.4, 0.5) is 8.78 Å². The van der Waals surface area contributed by atoms with Gasteiger partial charge in [-0.05, 0) is 38.5 Å². The molecular weight excluding hydrogens is 366 g/mol. The smallest absolute Gasteiger partial charge is 0.252 e. The molecule has 0 fully saturated rings. The summed E-state index contributed by atoms with van der Waals surface area (Å²) in [5, 5.41) is 0.367. The zero-order valence-electron chi connectivity index (χ0n) is 5.49. The molecule has 0 radical (unpaired) electrons. The molecule has 0 aliphatic carbocycles. The molecule has 0 aliphatic rings. The SMILES string of the molecule is FC(F)c1ncc(Cl)c(I)c1Br. The first-order valence-electron chi connectivity index (χ1n) is 2.81. The number of nitrogens with zero attached hydrogens (tertiary/aromatic N) is 1. The van der Waals surface area contributed by atoms with Crippen molar-refractivity contribution in [3.05, 3.63) is 25.0 Å². The summed E-state index contributed by atoms with van der Waals surface area (Å²) in [6.07, 6.45) is -1.36. The van der Waals surface area contributed by atoms with Crippen molar-refractivity contribution in [2.24, 2.45) is 0 Å². The van der Waals surface area contributed by atoms with Crippen molar-refractivity contribution in [2.75, 3.05) is 0 Å². The summed E-state index contributed by atoms with van der Waals surface area (Å²) in [6.45, 7) is 0. The second-order valence-electron chi connectivity index (χ2n) is 1.92. The molecule has 1 aromatic heterocycles. The number of pyridine rings is 1. The molecule has 0 spiro atoms. The van der Waals surface area contributed by atoms with Crippen molar-refractivity contribution in [3.63, 3.8) is 0 Å². The van der Waals surface area contributed by atoms with Crippen LogP contribution in [0.2, 0.25) is 5.02 Å². The second-order valence-corrected chi connectivity index (χ2v) is 4.20. The minimum absolute atomic E-state index is 0.269. The van der Waals surface area contributed by atoms with E-state index in [0.717, 1.165) is 0 Å². The molecule has 0 saturated heterocycles. The van der Waals surface area contributed by atoms with E-state index in [1.54, 1.807) is 0 Å². The standard InChI is InChI=1S/C6H2BrClF2IN/c7-3-4(11)2(8)1-12-5(3)6(9)10/h1,6H. The van der Waals surface area contributed by atoms with Gasteiger partial charge < -0.3 is 0 Å². The maximum Gasteiger partial charge on any atom is 0.281 e. The lowest BCUT2D eigenvalue weighted by atomic mass is 10.4. The molecule has 6 heteroatoms. The highest BCUT2D eigenvalue weighted by atomic mass is 127. The third kappa shape index (κ3) is 2.05.